The molecule has 27 heavy (non-hydrogen) atoms. The molecule has 2 fully saturated rings. The Kier molecular flexibility index (Phi) is 5.04. The quantitative estimate of drug-likeness (QED) is 0.769. The van der Waals surface area contributed by atoms with Crippen molar-refractivity contribution in [2.75, 3.05) is 31.2 Å². The van der Waals surface area contributed by atoms with Gasteiger partial charge in [0.2, 0.25) is 11.8 Å². The van der Waals surface area contributed by atoms with Crippen molar-refractivity contribution < 1.29 is 14.3 Å². The number of amides is 2. The monoisotopic (exact) mass is 368 g/mol. The second-order valence-electron chi connectivity index (χ2n) is 7.93. The molecule has 0 radical (unpaired) electrons. The number of nitrogens with zero attached hydrogens (tertiary/aromatic N) is 2. The fraction of sp³-hybridized carbons (Fsp3) is 0.545. The highest BCUT2D eigenvalue weighted by atomic mass is 16.5. The molecule has 2 saturated heterocycles. The van der Waals surface area contributed by atoms with Crippen LogP contribution in [0.4, 0.5) is 5.69 Å². The molecule has 2 heterocycles. The van der Waals surface area contributed by atoms with Crippen molar-refractivity contribution >= 4 is 17.5 Å². The summed E-state index contributed by atoms with van der Waals surface area (Å²) >= 11 is 0. The summed E-state index contributed by atoms with van der Waals surface area (Å²) in [6, 6.07) is 5.90. The second kappa shape index (κ2) is 7.47. The van der Waals surface area contributed by atoms with E-state index in [-0.39, 0.29) is 23.7 Å². The van der Waals surface area contributed by atoms with E-state index in [1.807, 2.05) is 32.0 Å². The van der Waals surface area contributed by atoms with Gasteiger partial charge in [0, 0.05) is 31.1 Å². The molecule has 2 atom stereocenters. The van der Waals surface area contributed by atoms with Gasteiger partial charge in [0.05, 0.1) is 24.8 Å². The van der Waals surface area contributed by atoms with E-state index >= 15 is 0 Å². The van der Waals surface area contributed by atoms with Crippen LogP contribution in [0.2, 0.25) is 0 Å². The SMILES string of the molecule is Cc1ccc(N2C(=O)C[C@@H]([C@@H]3CCCC=C3N3CCOCC3)C2=O)c(C)c1. The van der Waals surface area contributed by atoms with Gasteiger partial charge in [-0.3, -0.25) is 14.5 Å². The minimum Gasteiger partial charge on any atom is -0.378 e. The first-order chi connectivity index (χ1) is 13.1. The van der Waals surface area contributed by atoms with Gasteiger partial charge in [-0.05, 0) is 44.7 Å². The van der Waals surface area contributed by atoms with Crippen molar-refractivity contribution in [2.45, 2.75) is 39.5 Å². The number of allylic oxidation sites excluding steroid dienone is 2. The summed E-state index contributed by atoms with van der Waals surface area (Å²) in [5.41, 5.74) is 4.12. The van der Waals surface area contributed by atoms with Crippen LogP contribution in [0, 0.1) is 25.7 Å². The Morgan fingerprint density at radius 1 is 1.07 bits per heavy atom. The minimum atomic E-state index is -0.243. The first-order valence-corrected chi connectivity index (χ1v) is 10.0. The minimum absolute atomic E-state index is 0.0296. The Hall–Kier alpha value is -2.14. The summed E-state index contributed by atoms with van der Waals surface area (Å²) in [5.74, 6) is -0.196. The van der Waals surface area contributed by atoms with E-state index in [0.29, 0.717) is 6.42 Å². The van der Waals surface area contributed by atoms with Crippen molar-refractivity contribution in [2.24, 2.45) is 11.8 Å². The molecule has 1 aromatic carbocycles. The van der Waals surface area contributed by atoms with Crippen LogP contribution in [-0.2, 0) is 14.3 Å². The van der Waals surface area contributed by atoms with E-state index < -0.39 is 0 Å². The maximum absolute atomic E-state index is 13.3. The molecule has 0 N–H and O–H groups in total. The lowest BCUT2D eigenvalue weighted by Crippen LogP contribution is -2.41. The highest BCUT2D eigenvalue weighted by Crippen LogP contribution is 2.41. The number of carbonyl (C=O) groups excluding carboxylic acids is 2. The maximum atomic E-state index is 13.3. The summed E-state index contributed by atoms with van der Waals surface area (Å²) < 4.78 is 5.49. The molecule has 1 aliphatic carbocycles. The Balaban J connectivity index is 1.60. The summed E-state index contributed by atoms with van der Waals surface area (Å²) in [5, 5.41) is 0. The molecule has 5 heteroatoms. The number of imide groups is 1. The van der Waals surface area contributed by atoms with Crippen molar-refractivity contribution in [1.29, 1.82) is 0 Å². The number of hydrogen-bond donors (Lipinski definition) is 0. The third-order valence-electron chi connectivity index (χ3n) is 6.09. The molecule has 3 aliphatic rings. The first-order valence-electron chi connectivity index (χ1n) is 10.0. The second-order valence-corrected chi connectivity index (χ2v) is 7.93. The van der Waals surface area contributed by atoms with E-state index in [9.17, 15) is 9.59 Å². The number of ether oxygens (including phenoxy) is 1. The van der Waals surface area contributed by atoms with Gasteiger partial charge in [0.15, 0.2) is 0 Å². The molecule has 4 rings (SSSR count). The fourth-order valence-corrected chi connectivity index (χ4v) is 4.76. The number of aryl methyl sites for hydroxylation is 2. The van der Waals surface area contributed by atoms with Gasteiger partial charge in [-0.2, -0.15) is 0 Å². The molecule has 2 aliphatic heterocycles. The van der Waals surface area contributed by atoms with Gasteiger partial charge in [0.1, 0.15) is 0 Å². The zero-order valence-electron chi connectivity index (χ0n) is 16.2. The van der Waals surface area contributed by atoms with Crippen LogP contribution in [0.15, 0.2) is 30.0 Å². The lowest BCUT2D eigenvalue weighted by Gasteiger charge is -2.38. The normalized spacial score (nSPS) is 26.5. The highest BCUT2D eigenvalue weighted by molar-refractivity contribution is 6.21. The van der Waals surface area contributed by atoms with Gasteiger partial charge in [0.25, 0.3) is 0 Å². The molecule has 2 amide bonds. The molecule has 0 bridgehead atoms. The molecule has 144 valence electrons. The summed E-state index contributed by atoms with van der Waals surface area (Å²) in [7, 11) is 0. The number of morpholine rings is 1. The average molecular weight is 368 g/mol. The first kappa shape index (κ1) is 18.2. The number of rotatable bonds is 3. The molecule has 0 unspecified atom stereocenters. The Labute approximate surface area is 161 Å². The van der Waals surface area contributed by atoms with Crippen molar-refractivity contribution in [3.8, 4) is 0 Å². The van der Waals surface area contributed by atoms with Crippen LogP contribution in [0.5, 0.6) is 0 Å². The molecule has 5 nitrogen and oxygen atoms in total. The van der Waals surface area contributed by atoms with Gasteiger partial charge in [-0.25, -0.2) is 0 Å². The van der Waals surface area contributed by atoms with Crippen molar-refractivity contribution in [3.05, 3.63) is 41.1 Å². The van der Waals surface area contributed by atoms with Gasteiger partial charge in [-0.1, -0.05) is 23.8 Å². The van der Waals surface area contributed by atoms with Gasteiger partial charge in [-0.15, -0.1) is 0 Å². The zero-order chi connectivity index (χ0) is 19.0. The molecule has 0 spiro atoms. The van der Waals surface area contributed by atoms with Crippen LogP contribution in [0.25, 0.3) is 0 Å². The Morgan fingerprint density at radius 2 is 1.85 bits per heavy atom. The third kappa shape index (κ3) is 3.41. The molecule has 0 aromatic heterocycles. The highest BCUT2D eigenvalue weighted by Gasteiger charge is 2.46. The molecule has 1 aromatic rings. The number of hydrogen-bond acceptors (Lipinski definition) is 4. The molecular weight excluding hydrogens is 340 g/mol. The van der Waals surface area contributed by atoms with Crippen LogP contribution in [0.1, 0.15) is 36.8 Å². The van der Waals surface area contributed by atoms with E-state index in [4.69, 9.17) is 4.74 Å². The smallest absolute Gasteiger partial charge is 0.238 e. The van der Waals surface area contributed by atoms with E-state index in [1.54, 1.807) is 0 Å². The Bertz CT molecular complexity index is 780. The van der Waals surface area contributed by atoms with Crippen LogP contribution in [0.3, 0.4) is 0 Å². The molecular formula is C22H28N2O3. The van der Waals surface area contributed by atoms with Crippen LogP contribution in [-0.4, -0.2) is 43.0 Å². The molecule has 0 saturated carbocycles. The zero-order valence-corrected chi connectivity index (χ0v) is 16.2. The summed E-state index contributed by atoms with van der Waals surface area (Å²) in [6.07, 6.45) is 5.72. The van der Waals surface area contributed by atoms with E-state index in [2.05, 4.69) is 11.0 Å². The van der Waals surface area contributed by atoms with Gasteiger partial charge >= 0.3 is 0 Å². The number of benzene rings is 1. The lowest BCUT2D eigenvalue weighted by molar-refractivity contribution is -0.123. The largest absolute Gasteiger partial charge is 0.378 e. The standard InChI is InChI=1S/C22H28N2O3/c1-15-7-8-19(16(2)13-15)24-21(25)14-18(22(24)26)17-5-3-4-6-20(17)23-9-11-27-12-10-23/h6-8,13,17-18H,3-5,9-12,14H2,1-2H3/t17-,18-/m0/s1. The summed E-state index contributed by atoms with van der Waals surface area (Å²) in [6.45, 7) is 7.20. The number of carbonyl (C=O) groups is 2. The van der Waals surface area contributed by atoms with Crippen molar-refractivity contribution in [3.63, 3.8) is 0 Å². The predicted molar refractivity (Wildman–Crippen MR) is 104 cm³/mol. The van der Waals surface area contributed by atoms with Crippen LogP contribution < -0.4 is 4.90 Å². The summed E-state index contributed by atoms with van der Waals surface area (Å²) in [4.78, 5) is 29.9. The Morgan fingerprint density at radius 3 is 2.59 bits per heavy atom. The fourth-order valence-electron chi connectivity index (χ4n) is 4.76. The lowest BCUT2D eigenvalue weighted by atomic mass is 9.80. The predicted octanol–water partition coefficient (Wildman–Crippen LogP) is 3.20. The van der Waals surface area contributed by atoms with Crippen molar-refractivity contribution in [1.82, 2.24) is 4.90 Å². The van der Waals surface area contributed by atoms with Crippen LogP contribution >= 0.6 is 0 Å². The van der Waals surface area contributed by atoms with E-state index in [0.717, 1.165) is 62.4 Å². The van der Waals surface area contributed by atoms with Gasteiger partial charge < -0.3 is 9.64 Å². The van der Waals surface area contributed by atoms with E-state index in [1.165, 1.54) is 10.6 Å². The third-order valence-corrected chi connectivity index (χ3v) is 6.09. The topological polar surface area (TPSA) is 49.9 Å². The number of anilines is 1. The maximum Gasteiger partial charge on any atom is 0.238 e. The average Bonchev–Trinajstić information content (AvgIpc) is 2.97.